The highest BCUT2D eigenvalue weighted by atomic mass is 16.6. The molecule has 0 aliphatic heterocycles. The largest absolute Gasteiger partial charge is 0.489 e. The van der Waals surface area contributed by atoms with Crippen LogP contribution < -0.4 is 14.2 Å². The lowest BCUT2D eigenvalue weighted by molar-refractivity contribution is -0.129. The van der Waals surface area contributed by atoms with Gasteiger partial charge in [0.1, 0.15) is 0 Å². The molecule has 4 heteroatoms. The van der Waals surface area contributed by atoms with Gasteiger partial charge in [0.05, 0.1) is 13.2 Å². The maximum absolute atomic E-state index is 11.6. The van der Waals surface area contributed by atoms with Crippen LogP contribution in [0.1, 0.15) is 58.4 Å². The van der Waals surface area contributed by atoms with Gasteiger partial charge in [0.25, 0.3) is 0 Å². The van der Waals surface area contributed by atoms with Crippen LogP contribution in [-0.4, -0.2) is 19.2 Å². The zero-order chi connectivity index (χ0) is 17.8. The third kappa shape index (κ3) is 6.26. The minimum Gasteiger partial charge on any atom is -0.489 e. The summed E-state index contributed by atoms with van der Waals surface area (Å²) in [6.07, 6.45) is 7.03. The van der Waals surface area contributed by atoms with Crippen molar-refractivity contribution >= 4 is 5.97 Å². The van der Waals surface area contributed by atoms with Gasteiger partial charge >= 0.3 is 5.97 Å². The number of carbonyl (C=O) groups excluding carboxylic acids is 1. The standard InChI is InChI=1S/C20H30O4/c1-5-9-14-22-19-16(11-7-3)12-13-17(24-18(21)8-4)20(19)23-15-10-6-2/h8,12-13H,4-7,9-11,14-15H2,1-3H3. The van der Waals surface area contributed by atoms with E-state index in [4.69, 9.17) is 14.2 Å². The number of hydrogen-bond acceptors (Lipinski definition) is 4. The van der Waals surface area contributed by atoms with Gasteiger partial charge in [-0.15, -0.1) is 0 Å². The molecule has 4 nitrogen and oxygen atoms in total. The highest BCUT2D eigenvalue weighted by molar-refractivity contribution is 5.84. The van der Waals surface area contributed by atoms with Crippen molar-refractivity contribution < 1.29 is 19.0 Å². The smallest absolute Gasteiger partial charge is 0.335 e. The fraction of sp³-hybridized carbons (Fsp3) is 0.550. The summed E-state index contributed by atoms with van der Waals surface area (Å²) in [6, 6.07) is 3.73. The quantitative estimate of drug-likeness (QED) is 0.231. The number of aryl methyl sites for hydroxylation is 1. The molecule has 0 atom stereocenters. The summed E-state index contributed by atoms with van der Waals surface area (Å²) in [4.78, 5) is 11.6. The fourth-order valence-electron chi connectivity index (χ4n) is 2.21. The third-order valence-electron chi connectivity index (χ3n) is 3.54. The monoisotopic (exact) mass is 334 g/mol. The first-order valence-corrected chi connectivity index (χ1v) is 8.93. The van der Waals surface area contributed by atoms with Crippen molar-refractivity contribution in [2.24, 2.45) is 0 Å². The van der Waals surface area contributed by atoms with Crippen LogP contribution in [0, 0.1) is 0 Å². The molecule has 0 aliphatic rings. The highest BCUT2D eigenvalue weighted by Gasteiger charge is 2.19. The van der Waals surface area contributed by atoms with Crippen LogP contribution in [0.2, 0.25) is 0 Å². The minimum absolute atomic E-state index is 0.391. The average Bonchev–Trinajstić information content (AvgIpc) is 2.59. The van der Waals surface area contributed by atoms with E-state index in [1.54, 1.807) is 6.07 Å². The third-order valence-corrected chi connectivity index (χ3v) is 3.54. The topological polar surface area (TPSA) is 44.8 Å². The van der Waals surface area contributed by atoms with E-state index >= 15 is 0 Å². The van der Waals surface area contributed by atoms with Crippen molar-refractivity contribution in [1.82, 2.24) is 0 Å². The van der Waals surface area contributed by atoms with Crippen molar-refractivity contribution in [1.29, 1.82) is 0 Å². The van der Waals surface area contributed by atoms with Crippen molar-refractivity contribution in [3.8, 4) is 17.2 Å². The van der Waals surface area contributed by atoms with Crippen LogP contribution in [-0.2, 0) is 11.2 Å². The summed E-state index contributed by atoms with van der Waals surface area (Å²) >= 11 is 0. The van der Waals surface area contributed by atoms with E-state index in [2.05, 4.69) is 27.4 Å². The Bertz CT molecular complexity index is 523. The number of carbonyl (C=O) groups is 1. The molecule has 0 aliphatic carbocycles. The molecule has 1 aromatic carbocycles. The summed E-state index contributed by atoms with van der Waals surface area (Å²) in [7, 11) is 0. The van der Waals surface area contributed by atoms with Crippen molar-refractivity contribution in [3.05, 3.63) is 30.4 Å². The molecule has 0 fully saturated rings. The summed E-state index contributed by atoms with van der Waals surface area (Å²) in [5.41, 5.74) is 1.08. The molecule has 0 bridgehead atoms. The Labute approximate surface area is 145 Å². The fourth-order valence-corrected chi connectivity index (χ4v) is 2.21. The Morgan fingerprint density at radius 3 is 2.17 bits per heavy atom. The van der Waals surface area contributed by atoms with Crippen molar-refractivity contribution in [3.63, 3.8) is 0 Å². The van der Waals surface area contributed by atoms with E-state index in [1.165, 1.54) is 0 Å². The first kappa shape index (κ1) is 20.1. The first-order valence-electron chi connectivity index (χ1n) is 8.93. The number of ether oxygens (including phenoxy) is 3. The summed E-state index contributed by atoms with van der Waals surface area (Å²) in [5, 5.41) is 0. The SMILES string of the molecule is C=CC(=O)Oc1ccc(CCC)c(OCCCC)c1OCCCC. The zero-order valence-corrected chi connectivity index (χ0v) is 15.2. The van der Waals surface area contributed by atoms with Gasteiger partial charge in [0, 0.05) is 6.08 Å². The van der Waals surface area contributed by atoms with Crippen molar-refractivity contribution in [2.75, 3.05) is 13.2 Å². The lowest BCUT2D eigenvalue weighted by Crippen LogP contribution is -2.09. The number of benzene rings is 1. The molecule has 1 aromatic rings. The molecule has 0 amide bonds. The second-order valence-electron chi connectivity index (χ2n) is 5.66. The van der Waals surface area contributed by atoms with Gasteiger partial charge in [0.2, 0.25) is 5.75 Å². The molecule has 24 heavy (non-hydrogen) atoms. The predicted molar refractivity (Wildman–Crippen MR) is 97.1 cm³/mol. The maximum atomic E-state index is 11.6. The lowest BCUT2D eigenvalue weighted by Gasteiger charge is -2.19. The van der Waals surface area contributed by atoms with E-state index in [1.807, 2.05) is 6.07 Å². The average molecular weight is 334 g/mol. The highest BCUT2D eigenvalue weighted by Crippen LogP contribution is 2.41. The Balaban J connectivity index is 3.18. The van der Waals surface area contributed by atoms with E-state index in [-0.39, 0.29) is 0 Å². The van der Waals surface area contributed by atoms with Gasteiger partial charge < -0.3 is 14.2 Å². The number of rotatable bonds is 12. The van der Waals surface area contributed by atoms with E-state index < -0.39 is 5.97 Å². The van der Waals surface area contributed by atoms with Gasteiger partial charge in [-0.1, -0.05) is 52.7 Å². The molecule has 0 radical (unpaired) electrons. The zero-order valence-electron chi connectivity index (χ0n) is 15.2. The van der Waals surface area contributed by atoms with E-state index in [0.717, 1.165) is 50.2 Å². The van der Waals surface area contributed by atoms with Crippen molar-refractivity contribution in [2.45, 2.75) is 59.3 Å². The van der Waals surface area contributed by atoms with Gasteiger partial charge in [-0.25, -0.2) is 4.79 Å². The Hall–Kier alpha value is -1.97. The molecule has 0 heterocycles. The predicted octanol–water partition coefficient (Wildman–Crippen LogP) is 5.09. The summed E-state index contributed by atoms with van der Waals surface area (Å²) in [5.74, 6) is 1.12. The van der Waals surface area contributed by atoms with Crippen LogP contribution in [0.5, 0.6) is 17.2 Å². The Kier molecular flexibility index (Phi) is 9.66. The summed E-state index contributed by atoms with van der Waals surface area (Å²) in [6.45, 7) is 11.0. The first-order chi connectivity index (χ1) is 11.7. The van der Waals surface area contributed by atoms with Crippen LogP contribution in [0.15, 0.2) is 24.8 Å². The molecular formula is C20H30O4. The van der Waals surface area contributed by atoms with Crippen LogP contribution in [0.4, 0.5) is 0 Å². The maximum Gasteiger partial charge on any atom is 0.335 e. The number of hydrogen-bond donors (Lipinski definition) is 0. The Morgan fingerprint density at radius 1 is 1.00 bits per heavy atom. The Morgan fingerprint density at radius 2 is 1.62 bits per heavy atom. The molecule has 0 saturated heterocycles. The number of unbranched alkanes of at least 4 members (excludes halogenated alkanes) is 2. The van der Waals surface area contributed by atoms with Gasteiger partial charge in [-0.2, -0.15) is 0 Å². The lowest BCUT2D eigenvalue weighted by atomic mass is 10.1. The normalized spacial score (nSPS) is 10.3. The molecule has 0 unspecified atom stereocenters. The molecule has 134 valence electrons. The van der Waals surface area contributed by atoms with Gasteiger partial charge in [0.15, 0.2) is 11.5 Å². The molecule has 0 N–H and O–H groups in total. The minimum atomic E-state index is -0.502. The van der Waals surface area contributed by atoms with E-state index in [0.29, 0.717) is 30.5 Å². The molecule has 0 saturated carbocycles. The van der Waals surface area contributed by atoms with E-state index in [9.17, 15) is 4.79 Å². The summed E-state index contributed by atoms with van der Waals surface area (Å²) < 4.78 is 17.3. The number of esters is 1. The van der Waals surface area contributed by atoms with Gasteiger partial charge in [-0.3, -0.25) is 0 Å². The second-order valence-corrected chi connectivity index (χ2v) is 5.66. The van der Waals surface area contributed by atoms with Crippen LogP contribution >= 0.6 is 0 Å². The second kappa shape index (κ2) is 11.5. The van der Waals surface area contributed by atoms with Gasteiger partial charge in [-0.05, 0) is 30.9 Å². The molecular weight excluding hydrogens is 304 g/mol. The van der Waals surface area contributed by atoms with Crippen LogP contribution in [0.25, 0.3) is 0 Å². The molecule has 0 aromatic heterocycles. The molecule has 0 spiro atoms. The molecule has 1 rings (SSSR count). The van der Waals surface area contributed by atoms with Crippen LogP contribution in [0.3, 0.4) is 0 Å².